The molecule has 1 aliphatic heterocycles. The maximum Gasteiger partial charge on any atom is 0.239 e. The fourth-order valence-corrected chi connectivity index (χ4v) is 6.32. The lowest BCUT2D eigenvalue weighted by molar-refractivity contribution is -0.117. The van der Waals surface area contributed by atoms with Gasteiger partial charge in [0.2, 0.25) is 5.91 Å². The van der Waals surface area contributed by atoms with E-state index in [0.717, 1.165) is 17.4 Å². The van der Waals surface area contributed by atoms with Crippen LogP contribution < -0.4 is 5.32 Å². The first kappa shape index (κ1) is 22.3. The number of anilines is 1. The summed E-state index contributed by atoms with van der Waals surface area (Å²) >= 11 is 6.61. The Morgan fingerprint density at radius 2 is 1.84 bits per heavy atom. The number of Topliss-reactive ketones (excluding diaryl/α,β-unsaturated/α-hetero) is 2. The van der Waals surface area contributed by atoms with Gasteiger partial charge in [0.15, 0.2) is 21.4 Å². The predicted molar refractivity (Wildman–Crippen MR) is 119 cm³/mol. The molecule has 6 nitrogen and oxygen atoms in total. The number of halogens is 2. The van der Waals surface area contributed by atoms with E-state index in [0.29, 0.717) is 5.69 Å². The lowest BCUT2D eigenvalue weighted by Crippen LogP contribution is -2.34. The summed E-state index contributed by atoms with van der Waals surface area (Å²) in [5, 5.41) is 2.60. The minimum absolute atomic E-state index is 0.0144. The zero-order chi connectivity index (χ0) is 23.0. The summed E-state index contributed by atoms with van der Waals surface area (Å²) in [4.78, 5) is 37.5. The van der Waals surface area contributed by atoms with Gasteiger partial charge in [0.1, 0.15) is 21.7 Å². The van der Waals surface area contributed by atoms with Gasteiger partial charge in [-0.3, -0.25) is 14.4 Å². The highest BCUT2D eigenvalue weighted by molar-refractivity contribution is 7.94. The topological polar surface area (TPSA) is 97.4 Å². The predicted octanol–water partition coefficient (Wildman–Crippen LogP) is 4.04. The molecule has 1 amide bonds. The minimum Gasteiger partial charge on any atom is -0.324 e. The van der Waals surface area contributed by atoms with Crippen LogP contribution in [0.4, 0.5) is 10.1 Å². The summed E-state index contributed by atoms with van der Waals surface area (Å²) in [6.07, 6.45) is -0.316. The van der Waals surface area contributed by atoms with Crippen LogP contribution in [-0.2, 0) is 25.8 Å². The molecule has 0 aliphatic carbocycles. The molecule has 0 radical (unpaired) electrons. The number of carbonyl (C=O) groups is 3. The standard InChI is InChI=1S/C22H15ClFNO5S2/c23-18-7-8-19(31-18)32(29,30)11-13(26)9-12-5-6-14(16(24)10-12)20-21(27)15-3-1-2-4-17(15)25-22(20)28/h1-8,10,20H,9,11H2,(H,25,28). The number of amides is 1. The Labute approximate surface area is 191 Å². The molecule has 0 fully saturated rings. The Hall–Kier alpha value is -2.88. The first-order valence-corrected chi connectivity index (χ1v) is 12.2. The Morgan fingerprint density at radius 3 is 2.53 bits per heavy atom. The lowest BCUT2D eigenvalue weighted by Gasteiger charge is -2.24. The molecule has 1 aromatic heterocycles. The summed E-state index contributed by atoms with van der Waals surface area (Å²) in [6, 6.07) is 12.9. The molecule has 1 atom stereocenters. The van der Waals surface area contributed by atoms with Crippen molar-refractivity contribution in [3.63, 3.8) is 0 Å². The van der Waals surface area contributed by atoms with E-state index in [1.807, 2.05) is 0 Å². The first-order chi connectivity index (χ1) is 15.2. The van der Waals surface area contributed by atoms with Gasteiger partial charge >= 0.3 is 0 Å². The molecule has 1 aliphatic rings. The summed E-state index contributed by atoms with van der Waals surface area (Å²) in [6.45, 7) is 0. The normalized spacial score (nSPS) is 15.9. The van der Waals surface area contributed by atoms with Crippen molar-refractivity contribution in [1.82, 2.24) is 0 Å². The molecule has 164 valence electrons. The van der Waals surface area contributed by atoms with Crippen molar-refractivity contribution in [2.45, 2.75) is 16.5 Å². The molecule has 10 heteroatoms. The van der Waals surface area contributed by atoms with Crippen molar-refractivity contribution < 1.29 is 27.2 Å². The Bertz CT molecular complexity index is 1370. The van der Waals surface area contributed by atoms with Crippen LogP contribution in [0.3, 0.4) is 0 Å². The fraction of sp³-hybridized carbons (Fsp3) is 0.136. The third-order valence-corrected chi connectivity index (χ3v) is 8.45. The molecule has 1 N–H and O–H groups in total. The molecule has 2 heterocycles. The molecule has 3 aromatic rings. The molecule has 0 saturated carbocycles. The number of ketones is 2. The Balaban J connectivity index is 1.52. The van der Waals surface area contributed by atoms with E-state index >= 15 is 0 Å². The second kappa shape index (κ2) is 8.57. The number of carbonyl (C=O) groups excluding carboxylic acids is 3. The number of rotatable bonds is 6. The van der Waals surface area contributed by atoms with Crippen LogP contribution in [0.25, 0.3) is 0 Å². The van der Waals surface area contributed by atoms with Crippen LogP contribution in [0, 0.1) is 5.82 Å². The van der Waals surface area contributed by atoms with Gasteiger partial charge in [0.25, 0.3) is 0 Å². The number of hydrogen-bond donors (Lipinski definition) is 1. The molecule has 1 unspecified atom stereocenters. The van der Waals surface area contributed by atoms with Crippen molar-refractivity contribution in [3.05, 3.63) is 81.4 Å². The van der Waals surface area contributed by atoms with Crippen LogP contribution in [0.5, 0.6) is 0 Å². The van der Waals surface area contributed by atoms with E-state index in [2.05, 4.69) is 5.32 Å². The van der Waals surface area contributed by atoms with Crippen LogP contribution >= 0.6 is 22.9 Å². The highest BCUT2D eigenvalue weighted by Gasteiger charge is 2.37. The Kier molecular flexibility index (Phi) is 5.98. The van der Waals surface area contributed by atoms with Crippen molar-refractivity contribution in [1.29, 1.82) is 0 Å². The second-order valence-corrected chi connectivity index (χ2v) is 11.2. The second-order valence-electron chi connectivity index (χ2n) is 7.22. The smallest absolute Gasteiger partial charge is 0.239 e. The van der Waals surface area contributed by atoms with Gasteiger partial charge in [0.05, 0.1) is 10.0 Å². The molecule has 0 spiro atoms. The molecular formula is C22H15ClFNO5S2. The van der Waals surface area contributed by atoms with E-state index in [1.54, 1.807) is 24.3 Å². The van der Waals surface area contributed by atoms with E-state index in [4.69, 9.17) is 11.6 Å². The maximum atomic E-state index is 14.8. The van der Waals surface area contributed by atoms with E-state index < -0.39 is 44.8 Å². The summed E-state index contributed by atoms with van der Waals surface area (Å²) in [5.74, 6) is -4.70. The van der Waals surface area contributed by atoms with Crippen molar-refractivity contribution in [2.24, 2.45) is 0 Å². The Morgan fingerprint density at radius 1 is 1.09 bits per heavy atom. The van der Waals surface area contributed by atoms with Crippen LogP contribution in [0.1, 0.15) is 27.4 Å². The highest BCUT2D eigenvalue weighted by atomic mass is 35.5. The van der Waals surface area contributed by atoms with Crippen LogP contribution in [0.15, 0.2) is 58.8 Å². The molecule has 32 heavy (non-hydrogen) atoms. The molecule has 2 aromatic carbocycles. The molecule has 0 bridgehead atoms. The zero-order valence-corrected chi connectivity index (χ0v) is 18.7. The van der Waals surface area contributed by atoms with E-state index in [1.165, 1.54) is 24.3 Å². The SMILES string of the molecule is O=C(Cc1ccc(C2C(=O)Nc3ccccc3C2=O)c(F)c1)CS(=O)(=O)c1ccc(Cl)s1. The van der Waals surface area contributed by atoms with Gasteiger partial charge in [-0.25, -0.2) is 12.8 Å². The van der Waals surface area contributed by atoms with Gasteiger partial charge in [-0.05, 0) is 35.9 Å². The number of benzene rings is 2. The molecule has 4 rings (SSSR count). The van der Waals surface area contributed by atoms with E-state index in [-0.39, 0.29) is 31.7 Å². The summed E-state index contributed by atoms with van der Waals surface area (Å²) in [5.41, 5.74) is 0.781. The number of sulfone groups is 1. The zero-order valence-electron chi connectivity index (χ0n) is 16.3. The number of hydrogen-bond acceptors (Lipinski definition) is 6. The number of thiophene rings is 1. The number of para-hydroxylation sites is 1. The van der Waals surface area contributed by atoms with Gasteiger partial charge in [0, 0.05) is 17.5 Å². The number of nitrogens with one attached hydrogen (secondary N) is 1. The van der Waals surface area contributed by atoms with E-state index in [9.17, 15) is 27.2 Å². The van der Waals surface area contributed by atoms with Gasteiger partial charge in [-0.2, -0.15) is 0 Å². The van der Waals surface area contributed by atoms with Crippen molar-refractivity contribution in [2.75, 3.05) is 11.1 Å². The average molecular weight is 492 g/mol. The third kappa shape index (κ3) is 4.36. The average Bonchev–Trinajstić information content (AvgIpc) is 3.16. The highest BCUT2D eigenvalue weighted by Crippen LogP contribution is 2.33. The molecule has 0 saturated heterocycles. The fourth-order valence-electron chi connectivity index (χ4n) is 3.51. The maximum absolute atomic E-state index is 14.8. The van der Waals surface area contributed by atoms with Crippen LogP contribution in [-0.4, -0.2) is 31.6 Å². The monoisotopic (exact) mass is 491 g/mol. The lowest BCUT2D eigenvalue weighted by atomic mass is 9.85. The van der Waals surface area contributed by atoms with Crippen molar-refractivity contribution >= 4 is 55.9 Å². The van der Waals surface area contributed by atoms with Crippen molar-refractivity contribution in [3.8, 4) is 0 Å². The number of fused-ring (bicyclic) bond motifs is 1. The summed E-state index contributed by atoms with van der Waals surface area (Å²) < 4.78 is 39.8. The minimum atomic E-state index is -3.84. The van der Waals surface area contributed by atoms with Crippen LogP contribution in [0.2, 0.25) is 4.34 Å². The third-order valence-electron chi connectivity index (χ3n) is 4.96. The largest absolute Gasteiger partial charge is 0.324 e. The summed E-state index contributed by atoms with van der Waals surface area (Å²) in [7, 11) is -3.84. The van der Waals surface area contributed by atoms with Gasteiger partial charge < -0.3 is 5.32 Å². The van der Waals surface area contributed by atoms with Gasteiger partial charge in [-0.1, -0.05) is 35.9 Å². The molecular weight excluding hydrogens is 477 g/mol. The van der Waals surface area contributed by atoms with Gasteiger partial charge in [-0.15, -0.1) is 11.3 Å². The first-order valence-electron chi connectivity index (χ1n) is 9.38. The quantitative estimate of drug-likeness (QED) is 0.525.